The predicted octanol–water partition coefficient (Wildman–Crippen LogP) is 1.10. The second kappa shape index (κ2) is 6.49. The third-order valence-corrected chi connectivity index (χ3v) is 4.51. The van der Waals surface area contributed by atoms with E-state index in [0.717, 1.165) is 11.1 Å². The number of nitrogen functional groups attached to an aromatic ring is 2. The van der Waals surface area contributed by atoms with Crippen LogP contribution in [0.15, 0.2) is 41.3 Å². The maximum absolute atomic E-state index is 6.16. The molecule has 11 heteroatoms. The number of rotatable bonds is 4. The van der Waals surface area contributed by atoms with Gasteiger partial charge in [0.1, 0.15) is 29.2 Å². The number of oxazole rings is 1. The molecule has 1 aromatic carbocycles. The fraction of sp³-hybridized carbons (Fsp3) is 0.111. The largest absolute Gasteiger partial charge is 0.424 e. The Labute approximate surface area is 163 Å². The molecule has 0 unspecified atom stereocenters. The average Bonchev–Trinajstić information content (AvgIpc) is 3.28. The van der Waals surface area contributed by atoms with Gasteiger partial charge in [-0.25, -0.2) is 24.6 Å². The summed E-state index contributed by atoms with van der Waals surface area (Å²) in [4.78, 5) is 21.1. The van der Waals surface area contributed by atoms with Crippen LogP contribution in [-0.4, -0.2) is 34.7 Å². The SMILES string of the molecule is NCc1ncc(Cn2nc(-c3ccc4oc(N)nc4c3)c3c(N)ncnc32)cn1. The fourth-order valence-corrected chi connectivity index (χ4v) is 3.18. The van der Waals surface area contributed by atoms with Crippen LogP contribution in [0.3, 0.4) is 0 Å². The van der Waals surface area contributed by atoms with E-state index in [-0.39, 0.29) is 12.6 Å². The van der Waals surface area contributed by atoms with Crippen molar-refractivity contribution in [3.8, 4) is 11.3 Å². The number of nitrogens with two attached hydrogens (primary N) is 3. The van der Waals surface area contributed by atoms with E-state index in [1.165, 1.54) is 6.33 Å². The average molecular weight is 388 g/mol. The molecular weight excluding hydrogens is 372 g/mol. The van der Waals surface area contributed by atoms with Gasteiger partial charge in [0.05, 0.1) is 18.5 Å². The summed E-state index contributed by atoms with van der Waals surface area (Å²) in [6, 6.07) is 5.60. The Balaban J connectivity index is 1.64. The first-order valence-corrected chi connectivity index (χ1v) is 8.75. The summed E-state index contributed by atoms with van der Waals surface area (Å²) in [6.45, 7) is 0.699. The number of benzene rings is 1. The Morgan fingerprint density at radius 1 is 1.03 bits per heavy atom. The van der Waals surface area contributed by atoms with Gasteiger partial charge in [0.15, 0.2) is 11.2 Å². The van der Waals surface area contributed by atoms with E-state index in [1.807, 2.05) is 12.1 Å². The Bertz CT molecular complexity index is 1340. The summed E-state index contributed by atoms with van der Waals surface area (Å²) in [5.41, 5.74) is 21.5. The van der Waals surface area contributed by atoms with Crippen LogP contribution in [-0.2, 0) is 13.1 Å². The molecule has 5 aromatic rings. The van der Waals surface area contributed by atoms with Crippen molar-refractivity contribution >= 4 is 34.0 Å². The van der Waals surface area contributed by atoms with Gasteiger partial charge in [0, 0.05) is 23.5 Å². The molecule has 11 nitrogen and oxygen atoms in total. The molecule has 4 heterocycles. The van der Waals surface area contributed by atoms with Gasteiger partial charge < -0.3 is 21.6 Å². The first-order chi connectivity index (χ1) is 14.1. The molecule has 5 rings (SSSR count). The summed E-state index contributed by atoms with van der Waals surface area (Å²) < 4.78 is 7.08. The molecular formula is C18H16N10O. The van der Waals surface area contributed by atoms with Crippen LogP contribution in [0.1, 0.15) is 11.4 Å². The Morgan fingerprint density at radius 2 is 1.86 bits per heavy atom. The van der Waals surface area contributed by atoms with E-state index >= 15 is 0 Å². The molecule has 0 radical (unpaired) electrons. The van der Waals surface area contributed by atoms with Gasteiger partial charge in [-0.2, -0.15) is 10.1 Å². The number of hydrogen-bond acceptors (Lipinski definition) is 10. The predicted molar refractivity (Wildman–Crippen MR) is 106 cm³/mol. The van der Waals surface area contributed by atoms with E-state index in [0.29, 0.717) is 46.0 Å². The number of nitrogens with zero attached hydrogens (tertiary/aromatic N) is 7. The van der Waals surface area contributed by atoms with Gasteiger partial charge in [-0.05, 0) is 18.2 Å². The zero-order chi connectivity index (χ0) is 20.0. The maximum atomic E-state index is 6.16. The standard InChI is InChI=1S/C18H16N10O/c19-4-13-22-5-9(6-23-13)7-28-17-14(16(20)24-8-25-17)15(27-28)10-1-2-12-11(3-10)26-18(21)29-12/h1-3,5-6,8H,4,7,19H2,(H2,21,26)(H2,20,24,25). The van der Waals surface area contributed by atoms with Crippen LogP contribution >= 0.6 is 0 Å². The van der Waals surface area contributed by atoms with Gasteiger partial charge in [0.25, 0.3) is 6.01 Å². The summed E-state index contributed by atoms with van der Waals surface area (Å²) in [6.07, 6.45) is 4.85. The number of aromatic nitrogens is 7. The maximum Gasteiger partial charge on any atom is 0.292 e. The molecule has 0 aliphatic rings. The van der Waals surface area contributed by atoms with Crippen molar-refractivity contribution in [3.05, 3.63) is 48.3 Å². The molecule has 0 aliphatic carbocycles. The van der Waals surface area contributed by atoms with Crippen LogP contribution in [0.2, 0.25) is 0 Å². The zero-order valence-electron chi connectivity index (χ0n) is 15.1. The highest BCUT2D eigenvalue weighted by Gasteiger charge is 2.18. The minimum Gasteiger partial charge on any atom is -0.424 e. The molecule has 0 bridgehead atoms. The molecule has 144 valence electrons. The lowest BCUT2D eigenvalue weighted by atomic mass is 10.1. The minimum absolute atomic E-state index is 0.108. The van der Waals surface area contributed by atoms with Crippen molar-refractivity contribution in [2.24, 2.45) is 5.73 Å². The first kappa shape index (κ1) is 17.0. The van der Waals surface area contributed by atoms with Crippen molar-refractivity contribution in [2.75, 3.05) is 11.5 Å². The van der Waals surface area contributed by atoms with E-state index < -0.39 is 0 Å². The van der Waals surface area contributed by atoms with Crippen molar-refractivity contribution in [1.29, 1.82) is 0 Å². The monoisotopic (exact) mass is 388 g/mol. The van der Waals surface area contributed by atoms with Gasteiger partial charge in [-0.3, -0.25) is 0 Å². The van der Waals surface area contributed by atoms with E-state index in [1.54, 1.807) is 23.1 Å². The third kappa shape index (κ3) is 2.89. The number of anilines is 2. The van der Waals surface area contributed by atoms with E-state index in [2.05, 4.69) is 24.9 Å². The molecule has 0 aliphatic heterocycles. The highest BCUT2D eigenvalue weighted by Crippen LogP contribution is 2.32. The van der Waals surface area contributed by atoms with Crippen molar-refractivity contribution in [1.82, 2.24) is 34.7 Å². The number of hydrogen-bond donors (Lipinski definition) is 3. The second-order valence-electron chi connectivity index (χ2n) is 6.41. The lowest BCUT2D eigenvalue weighted by Crippen LogP contribution is -2.07. The van der Waals surface area contributed by atoms with Crippen molar-refractivity contribution in [3.63, 3.8) is 0 Å². The van der Waals surface area contributed by atoms with Gasteiger partial charge in [-0.15, -0.1) is 0 Å². The molecule has 0 amide bonds. The molecule has 0 spiro atoms. The van der Waals surface area contributed by atoms with E-state index in [9.17, 15) is 0 Å². The Kier molecular flexibility index (Phi) is 3.81. The highest BCUT2D eigenvalue weighted by molar-refractivity contribution is 5.99. The fourth-order valence-electron chi connectivity index (χ4n) is 3.18. The molecule has 0 fully saturated rings. The molecule has 0 saturated carbocycles. The molecule has 6 N–H and O–H groups in total. The third-order valence-electron chi connectivity index (χ3n) is 4.51. The summed E-state index contributed by atoms with van der Waals surface area (Å²) in [7, 11) is 0. The number of fused-ring (bicyclic) bond motifs is 2. The zero-order valence-corrected chi connectivity index (χ0v) is 15.1. The molecule has 29 heavy (non-hydrogen) atoms. The summed E-state index contributed by atoms with van der Waals surface area (Å²) >= 11 is 0. The summed E-state index contributed by atoms with van der Waals surface area (Å²) in [5.74, 6) is 0.914. The smallest absolute Gasteiger partial charge is 0.292 e. The van der Waals surface area contributed by atoms with Crippen molar-refractivity contribution < 1.29 is 4.42 Å². The van der Waals surface area contributed by atoms with Gasteiger partial charge in [-0.1, -0.05) is 0 Å². The first-order valence-electron chi connectivity index (χ1n) is 8.75. The van der Waals surface area contributed by atoms with E-state index in [4.69, 9.17) is 26.7 Å². The van der Waals surface area contributed by atoms with Crippen molar-refractivity contribution in [2.45, 2.75) is 13.1 Å². The van der Waals surface area contributed by atoms with Gasteiger partial charge in [0.2, 0.25) is 0 Å². The second-order valence-corrected chi connectivity index (χ2v) is 6.41. The van der Waals surface area contributed by atoms with Crippen LogP contribution in [0.5, 0.6) is 0 Å². The summed E-state index contributed by atoms with van der Waals surface area (Å²) in [5, 5.41) is 5.39. The van der Waals surface area contributed by atoms with Crippen LogP contribution < -0.4 is 17.2 Å². The Hall–Kier alpha value is -4.12. The lowest BCUT2D eigenvalue weighted by Gasteiger charge is -2.03. The normalized spacial score (nSPS) is 11.5. The highest BCUT2D eigenvalue weighted by atomic mass is 16.4. The molecule has 0 atom stereocenters. The van der Waals surface area contributed by atoms with Gasteiger partial charge >= 0.3 is 0 Å². The molecule has 0 saturated heterocycles. The topological polar surface area (TPSA) is 173 Å². The minimum atomic E-state index is 0.108. The Morgan fingerprint density at radius 3 is 2.66 bits per heavy atom. The lowest BCUT2D eigenvalue weighted by molar-refractivity contribution is 0.626. The van der Waals surface area contributed by atoms with Crippen LogP contribution in [0.4, 0.5) is 11.8 Å². The molecule has 4 aromatic heterocycles. The van der Waals surface area contributed by atoms with Crippen LogP contribution in [0, 0.1) is 0 Å². The quantitative estimate of drug-likeness (QED) is 0.404. The van der Waals surface area contributed by atoms with Crippen LogP contribution in [0.25, 0.3) is 33.4 Å².